The van der Waals surface area contributed by atoms with Crippen molar-refractivity contribution in [2.45, 2.75) is 26.4 Å². The molecular formula is C23H24N2O3S. The monoisotopic (exact) mass is 408 g/mol. The van der Waals surface area contributed by atoms with Gasteiger partial charge in [-0.1, -0.05) is 18.2 Å². The maximum Gasteiger partial charge on any atom is 0.241 e. The lowest BCUT2D eigenvalue weighted by atomic mass is 10.1. The summed E-state index contributed by atoms with van der Waals surface area (Å²) < 4.78 is 11.5. The van der Waals surface area contributed by atoms with Crippen LogP contribution in [0.25, 0.3) is 21.9 Å². The number of hydrogen-bond donors (Lipinski definition) is 1. The van der Waals surface area contributed by atoms with E-state index in [-0.39, 0.29) is 11.9 Å². The lowest BCUT2D eigenvalue weighted by Gasteiger charge is -2.24. The highest BCUT2D eigenvalue weighted by Crippen LogP contribution is 2.36. The van der Waals surface area contributed by atoms with Gasteiger partial charge in [0.15, 0.2) is 0 Å². The van der Waals surface area contributed by atoms with E-state index in [1.165, 1.54) is 10.4 Å². The number of para-hydroxylation sites is 1. The largest absolute Gasteiger partial charge is 0.495 e. The van der Waals surface area contributed by atoms with Crippen molar-refractivity contribution in [3.8, 4) is 5.75 Å². The molecule has 6 heteroatoms. The lowest BCUT2D eigenvalue weighted by Crippen LogP contribution is -2.39. The van der Waals surface area contributed by atoms with E-state index in [9.17, 15) is 4.79 Å². The van der Waals surface area contributed by atoms with E-state index < -0.39 is 0 Å². The number of amides is 1. The van der Waals surface area contributed by atoms with Gasteiger partial charge in [0.1, 0.15) is 16.9 Å². The molecule has 2 heterocycles. The number of thiophene rings is 1. The maximum absolute atomic E-state index is 12.9. The molecule has 0 saturated carbocycles. The first-order valence-electron chi connectivity index (χ1n) is 9.51. The Morgan fingerprint density at radius 3 is 2.72 bits per heavy atom. The number of furan rings is 1. The number of hydrogen-bond acceptors (Lipinski definition) is 5. The predicted octanol–water partition coefficient (Wildman–Crippen LogP) is 5.42. The number of benzene rings is 2. The molecule has 0 aliphatic rings. The number of fused-ring (bicyclic) bond motifs is 3. The zero-order chi connectivity index (χ0) is 20.5. The van der Waals surface area contributed by atoms with Gasteiger partial charge in [0.25, 0.3) is 0 Å². The number of nitrogens with one attached hydrogen (secondary N) is 1. The molecule has 4 rings (SSSR count). The van der Waals surface area contributed by atoms with E-state index in [1.54, 1.807) is 18.4 Å². The van der Waals surface area contributed by atoms with Crippen molar-refractivity contribution in [1.82, 2.24) is 4.90 Å². The fourth-order valence-electron chi connectivity index (χ4n) is 3.38. The Morgan fingerprint density at radius 1 is 1.21 bits per heavy atom. The Bertz CT molecular complexity index is 1180. The molecule has 0 aliphatic heterocycles. The van der Waals surface area contributed by atoms with Crippen molar-refractivity contribution in [2.24, 2.45) is 0 Å². The summed E-state index contributed by atoms with van der Waals surface area (Å²) in [6.07, 6.45) is 0. The number of methoxy groups -OCH3 is 1. The zero-order valence-corrected chi connectivity index (χ0v) is 17.8. The summed E-state index contributed by atoms with van der Waals surface area (Å²) in [7, 11) is 3.57. The Balaban J connectivity index is 1.58. The number of likely N-dealkylation sites (N-methyl/N-ethyl adjacent to an activating group) is 1. The number of nitrogens with zero attached hydrogens (tertiary/aromatic N) is 1. The lowest BCUT2D eigenvalue weighted by molar-refractivity contribution is -0.120. The average Bonchev–Trinajstić information content (AvgIpc) is 3.29. The molecule has 1 atom stereocenters. The van der Waals surface area contributed by atoms with Crippen molar-refractivity contribution in [1.29, 1.82) is 0 Å². The first kappa shape index (κ1) is 19.5. The molecule has 0 spiro atoms. The van der Waals surface area contributed by atoms with Crippen LogP contribution in [0.2, 0.25) is 0 Å². The quantitative estimate of drug-likeness (QED) is 0.463. The fraction of sp³-hybridized carbons (Fsp3) is 0.261. The summed E-state index contributed by atoms with van der Waals surface area (Å²) in [4.78, 5) is 16.2. The Hall–Kier alpha value is -2.83. The van der Waals surface area contributed by atoms with Gasteiger partial charge in [-0.25, -0.2) is 0 Å². The van der Waals surface area contributed by atoms with Crippen molar-refractivity contribution in [3.05, 3.63) is 58.3 Å². The summed E-state index contributed by atoms with van der Waals surface area (Å²) in [5.41, 5.74) is 3.40. The van der Waals surface area contributed by atoms with Crippen LogP contribution in [0, 0.1) is 6.92 Å². The van der Waals surface area contributed by atoms with Crippen molar-refractivity contribution < 1.29 is 13.9 Å². The minimum Gasteiger partial charge on any atom is -0.495 e. The summed E-state index contributed by atoms with van der Waals surface area (Å²) in [5.74, 6) is 0.525. The van der Waals surface area contributed by atoms with E-state index in [1.807, 2.05) is 55.3 Å². The van der Waals surface area contributed by atoms with Gasteiger partial charge < -0.3 is 14.5 Å². The molecule has 0 aliphatic carbocycles. The topological polar surface area (TPSA) is 54.7 Å². The number of carbonyl (C=O) groups is 1. The molecule has 1 N–H and O–H groups in total. The predicted molar refractivity (Wildman–Crippen MR) is 119 cm³/mol. The van der Waals surface area contributed by atoms with Gasteiger partial charge in [0.05, 0.1) is 18.8 Å². The summed E-state index contributed by atoms with van der Waals surface area (Å²) in [6, 6.07) is 13.4. The second-order valence-corrected chi connectivity index (χ2v) is 8.25. The normalized spacial score (nSPS) is 12.6. The van der Waals surface area contributed by atoms with Gasteiger partial charge in [-0.2, -0.15) is 0 Å². The number of rotatable bonds is 6. The van der Waals surface area contributed by atoms with E-state index in [4.69, 9.17) is 9.15 Å². The van der Waals surface area contributed by atoms with Crippen LogP contribution in [-0.4, -0.2) is 31.0 Å². The van der Waals surface area contributed by atoms with Crippen LogP contribution in [0.15, 0.2) is 52.3 Å². The van der Waals surface area contributed by atoms with E-state index in [2.05, 4.69) is 23.7 Å². The maximum atomic E-state index is 12.9. The molecule has 1 amide bonds. The van der Waals surface area contributed by atoms with Crippen LogP contribution >= 0.6 is 11.3 Å². The van der Waals surface area contributed by atoms with Gasteiger partial charge in [-0.15, -0.1) is 11.3 Å². The second kappa shape index (κ2) is 7.89. The van der Waals surface area contributed by atoms with Crippen LogP contribution in [0.1, 0.15) is 17.4 Å². The van der Waals surface area contributed by atoms with Gasteiger partial charge in [0, 0.05) is 28.3 Å². The molecular weight excluding hydrogens is 384 g/mol. The van der Waals surface area contributed by atoms with E-state index in [0.29, 0.717) is 11.4 Å². The highest BCUT2D eigenvalue weighted by atomic mass is 32.1. The minimum absolute atomic E-state index is 0.0875. The Morgan fingerprint density at radius 2 is 2.00 bits per heavy atom. The molecule has 0 fully saturated rings. The molecule has 0 unspecified atom stereocenters. The average molecular weight is 409 g/mol. The summed E-state index contributed by atoms with van der Waals surface area (Å²) in [6.45, 7) is 4.74. The molecule has 29 heavy (non-hydrogen) atoms. The van der Waals surface area contributed by atoms with Crippen molar-refractivity contribution >= 4 is 44.9 Å². The van der Waals surface area contributed by atoms with Crippen molar-refractivity contribution in [3.63, 3.8) is 0 Å². The summed E-state index contributed by atoms with van der Waals surface area (Å²) in [5, 5.41) is 7.08. The van der Waals surface area contributed by atoms with Crippen LogP contribution in [0.3, 0.4) is 0 Å². The molecule has 2 aromatic carbocycles. The first-order chi connectivity index (χ1) is 14.0. The first-order valence-corrected chi connectivity index (χ1v) is 10.4. The third-order valence-electron chi connectivity index (χ3n) is 5.36. The van der Waals surface area contributed by atoms with Gasteiger partial charge in [-0.3, -0.25) is 9.69 Å². The molecule has 0 saturated heterocycles. The number of carbonyl (C=O) groups excluding carboxylic acids is 1. The van der Waals surface area contributed by atoms with Crippen LogP contribution in [0.5, 0.6) is 5.75 Å². The minimum atomic E-state index is -0.299. The molecule has 0 radical (unpaired) electrons. The molecule has 5 nitrogen and oxygen atoms in total. The summed E-state index contributed by atoms with van der Waals surface area (Å²) >= 11 is 1.71. The molecule has 150 valence electrons. The number of anilines is 1. The third-order valence-corrected chi connectivity index (χ3v) is 6.37. The zero-order valence-electron chi connectivity index (χ0n) is 17.0. The van der Waals surface area contributed by atoms with E-state index in [0.717, 1.165) is 28.5 Å². The second-order valence-electron chi connectivity index (χ2n) is 7.25. The number of aryl methyl sites for hydroxylation is 1. The highest BCUT2D eigenvalue weighted by molar-refractivity contribution is 7.10. The molecule has 4 aromatic rings. The van der Waals surface area contributed by atoms with E-state index >= 15 is 0 Å². The van der Waals surface area contributed by atoms with Gasteiger partial charge in [0.2, 0.25) is 5.91 Å². The molecule has 0 bridgehead atoms. The standard InChI is InChI=1S/C23H24N2O3S/c1-14-9-10-29-22(14)13-25(3)15(2)23(26)24-18-12-20-17(11-21(18)27-4)16-7-5-6-8-19(16)28-20/h5-12,15H,13H2,1-4H3,(H,24,26)/t15-/m0/s1. The highest BCUT2D eigenvalue weighted by Gasteiger charge is 2.21. The van der Waals surface area contributed by atoms with Crippen molar-refractivity contribution in [2.75, 3.05) is 19.5 Å². The number of ether oxygens (including phenoxy) is 1. The Kier molecular flexibility index (Phi) is 5.30. The smallest absolute Gasteiger partial charge is 0.241 e. The van der Waals surface area contributed by atoms with Gasteiger partial charge >= 0.3 is 0 Å². The SMILES string of the molecule is COc1cc2c(cc1NC(=O)[C@H](C)N(C)Cc1sccc1C)oc1ccccc12. The Labute approximate surface area is 173 Å². The van der Waals surface area contributed by atoms with Crippen LogP contribution in [0.4, 0.5) is 5.69 Å². The van der Waals surface area contributed by atoms with Crippen LogP contribution < -0.4 is 10.1 Å². The van der Waals surface area contributed by atoms with Crippen LogP contribution in [-0.2, 0) is 11.3 Å². The third kappa shape index (κ3) is 3.73. The fourth-order valence-corrected chi connectivity index (χ4v) is 4.35. The van der Waals surface area contributed by atoms with Gasteiger partial charge in [-0.05, 0) is 50.0 Å². The molecule has 2 aromatic heterocycles.